The van der Waals surface area contributed by atoms with Crippen molar-refractivity contribution in [2.75, 3.05) is 16.8 Å². The summed E-state index contributed by atoms with van der Waals surface area (Å²) in [5, 5.41) is 2.94. The maximum absolute atomic E-state index is 13.3. The molecule has 0 saturated heterocycles. The van der Waals surface area contributed by atoms with Gasteiger partial charge in [-0.15, -0.1) is 0 Å². The standard InChI is InChI=1S/C16H12Cl2F2N2O2/c1-9(23)22(10-5-6-12(19)13(20)7-10)8-15(24)21-14-4-2-3-11(17)16(14)18/h2-7H,8H2,1H3,(H,21,24). The molecule has 2 amide bonds. The van der Waals surface area contributed by atoms with Crippen molar-refractivity contribution in [2.24, 2.45) is 0 Å². The second kappa shape index (κ2) is 7.59. The van der Waals surface area contributed by atoms with Crippen LogP contribution in [0.3, 0.4) is 0 Å². The summed E-state index contributed by atoms with van der Waals surface area (Å²) in [5.74, 6) is -3.23. The number of hydrogen-bond acceptors (Lipinski definition) is 2. The first-order chi connectivity index (χ1) is 11.3. The van der Waals surface area contributed by atoms with Crippen LogP contribution in [0.25, 0.3) is 0 Å². The predicted molar refractivity (Wildman–Crippen MR) is 89.5 cm³/mol. The molecule has 0 atom stereocenters. The van der Waals surface area contributed by atoms with Crippen LogP contribution in [0.5, 0.6) is 0 Å². The predicted octanol–water partition coefficient (Wildman–Crippen LogP) is 4.26. The van der Waals surface area contributed by atoms with Crippen LogP contribution in [0.15, 0.2) is 36.4 Å². The highest BCUT2D eigenvalue weighted by Gasteiger charge is 2.18. The van der Waals surface area contributed by atoms with Gasteiger partial charge >= 0.3 is 0 Å². The highest BCUT2D eigenvalue weighted by atomic mass is 35.5. The van der Waals surface area contributed by atoms with Gasteiger partial charge in [0.15, 0.2) is 11.6 Å². The van der Waals surface area contributed by atoms with Crippen LogP contribution < -0.4 is 10.2 Å². The highest BCUT2D eigenvalue weighted by molar-refractivity contribution is 6.44. The van der Waals surface area contributed by atoms with E-state index in [1.54, 1.807) is 18.2 Å². The molecule has 0 aliphatic heterocycles. The average Bonchev–Trinajstić information content (AvgIpc) is 2.52. The Morgan fingerprint density at radius 2 is 1.83 bits per heavy atom. The summed E-state index contributed by atoms with van der Waals surface area (Å²) in [4.78, 5) is 24.9. The van der Waals surface area contributed by atoms with Gasteiger partial charge in [0.1, 0.15) is 6.54 Å². The molecule has 8 heteroatoms. The van der Waals surface area contributed by atoms with Gasteiger partial charge in [-0.3, -0.25) is 9.59 Å². The summed E-state index contributed by atoms with van der Waals surface area (Å²) >= 11 is 11.8. The fourth-order valence-corrected chi connectivity index (χ4v) is 2.32. The third kappa shape index (κ3) is 4.21. The Morgan fingerprint density at radius 3 is 2.46 bits per heavy atom. The Hall–Kier alpha value is -2.18. The number of amides is 2. The molecular formula is C16H12Cl2F2N2O2. The molecule has 2 rings (SSSR count). The van der Waals surface area contributed by atoms with Gasteiger partial charge in [0.2, 0.25) is 11.8 Å². The van der Waals surface area contributed by atoms with E-state index in [-0.39, 0.29) is 21.4 Å². The number of carbonyl (C=O) groups excluding carboxylic acids is 2. The molecule has 0 aliphatic rings. The Bertz CT molecular complexity index is 800. The normalized spacial score (nSPS) is 10.4. The van der Waals surface area contributed by atoms with Gasteiger partial charge in [-0.25, -0.2) is 8.78 Å². The number of benzene rings is 2. The molecule has 2 aromatic carbocycles. The minimum atomic E-state index is -1.11. The fourth-order valence-electron chi connectivity index (χ4n) is 1.97. The molecule has 0 radical (unpaired) electrons. The topological polar surface area (TPSA) is 49.4 Å². The minimum absolute atomic E-state index is 0.0636. The summed E-state index contributed by atoms with van der Waals surface area (Å²) in [7, 11) is 0. The molecule has 0 aromatic heterocycles. The highest BCUT2D eigenvalue weighted by Crippen LogP contribution is 2.29. The van der Waals surface area contributed by atoms with Crippen LogP contribution in [0.1, 0.15) is 6.92 Å². The van der Waals surface area contributed by atoms with Crippen LogP contribution in [-0.4, -0.2) is 18.4 Å². The first-order valence-corrected chi connectivity index (χ1v) is 7.52. The van der Waals surface area contributed by atoms with Crippen molar-refractivity contribution >= 4 is 46.4 Å². The number of rotatable bonds is 4. The SMILES string of the molecule is CC(=O)N(CC(=O)Nc1cccc(Cl)c1Cl)c1ccc(F)c(F)c1. The first-order valence-electron chi connectivity index (χ1n) is 6.76. The summed E-state index contributed by atoms with van der Waals surface area (Å²) in [5.41, 5.74) is 0.344. The second-order valence-corrected chi connectivity index (χ2v) is 5.64. The van der Waals surface area contributed by atoms with E-state index in [2.05, 4.69) is 5.32 Å². The Kier molecular flexibility index (Phi) is 5.75. The maximum Gasteiger partial charge on any atom is 0.244 e. The number of nitrogens with one attached hydrogen (secondary N) is 1. The van der Waals surface area contributed by atoms with Crippen molar-refractivity contribution in [1.29, 1.82) is 0 Å². The quantitative estimate of drug-likeness (QED) is 0.871. The van der Waals surface area contributed by atoms with Gasteiger partial charge in [0.25, 0.3) is 0 Å². The number of halogens is 4. The van der Waals surface area contributed by atoms with Gasteiger partial charge < -0.3 is 10.2 Å². The zero-order valence-electron chi connectivity index (χ0n) is 12.4. The summed E-state index contributed by atoms with van der Waals surface area (Å²) in [6, 6.07) is 7.63. The molecule has 0 spiro atoms. The van der Waals surface area contributed by atoms with E-state index in [9.17, 15) is 18.4 Å². The van der Waals surface area contributed by atoms with E-state index >= 15 is 0 Å². The molecule has 0 aliphatic carbocycles. The van der Waals surface area contributed by atoms with Gasteiger partial charge in [-0.2, -0.15) is 0 Å². The summed E-state index contributed by atoms with van der Waals surface area (Å²) < 4.78 is 26.3. The molecule has 1 N–H and O–H groups in total. The van der Waals surface area contributed by atoms with Crippen molar-refractivity contribution in [3.63, 3.8) is 0 Å². The third-order valence-electron chi connectivity index (χ3n) is 3.12. The van der Waals surface area contributed by atoms with Crippen molar-refractivity contribution in [1.82, 2.24) is 0 Å². The second-order valence-electron chi connectivity index (χ2n) is 4.85. The van der Waals surface area contributed by atoms with Crippen LogP contribution in [-0.2, 0) is 9.59 Å². The van der Waals surface area contributed by atoms with E-state index in [0.29, 0.717) is 0 Å². The molecule has 0 fully saturated rings. The third-order valence-corrected chi connectivity index (χ3v) is 3.94. The first kappa shape index (κ1) is 18.2. The van der Waals surface area contributed by atoms with Crippen molar-refractivity contribution < 1.29 is 18.4 Å². The lowest BCUT2D eigenvalue weighted by molar-refractivity contribution is -0.120. The van der Waals surface area contributed by atoms with Crippen LogP contribution in [0.4, 0.5) is 20.2 Å². The molecule has 126 valence electrons. The number of hydrogen-bond donors (Lipinski definition) is 1. The van der Waals surface area contributed by atoms with E-state index in [1.165, 1.54) is 13.0 Å². The molecule has 24 heavy (non-hydrogen) atoms. The van der Waals surface area contributed by atoms with Crippen LogP contribution in [0.2, 0.25) is 10.0 Å². The van der Waals surface area contributed by atoms with Gasteiger partial charge in [0, 0.05) is 18.7 Å². The molecule has 0 heterocycles. The number of anilines is 2. The minimum Gasteiger partial charge on any atom is -0.323 e. The van der Waals surface area contributed by atoms with Crippen molar-refractivity contribution in [3.05, 3.63) is 58.1 Å². The zero-order chi connectivity index (χ0) is 17.9. The lowest BCUT2D eigenvalue weighted by Gasteiger charge is -2.21. The van der Waals surface area contributed by atoms with Gasteiger partial charge in [-0.1, -0.05) is 29.3 Å². The monoisotopic (exact) mass is 372 g/mol. The zero-order valence-corrected chi connectivity index (χ0v) is 14.0. The van der Waals surface area contributed by atoms with E-state index < -0.39 is 30.0 Å². The number of carbonyl (C=O) groups is 2. The molecule has 2 aromatic rings. The van der Waals surface area contributed by atoms with Crippen molar-refractivity contribution in [3.8, 4) is 0 Å². The average molecular weight is 373 g/mol. The molecule has 0 saturated carbocycles. The van der Waals surface area contributed by atoms with Gasteiger partial charge in [-0.05, 0) is 24.3 Å². The van der Waals surface area contributed by atoms with Crippen molar-refractivity contribution in [2.45, 2.75) is 6.92 Å². The van der Waals surface area contributed by atoms with Crippen LogP contribution in [0, 0.1) is 11.6 Å². The largest absolute Gasteiger partial charge is 0.323 e. The van der Waals surface area contributed by atoms with E-state index in [0.717, 1.165) is 17.0 Å². The van der Waals surface area contributed by atoms with E-state index in [4.69, 9.17) is 23.2 Å². The fraction of sp³-hybridized carbons (Fsp3) is 0.125. The summed E-state index contributed by atoms with van der Waals surface area (Å²) in [6.07, 6.45) is 0. The lowest BCUT2D eigenvalue weighted by Crippen LogP contribution is -2.36. The lowest BCUT2D eigenvalue weighted by atomic mass is 10.2. The summed E-state index contributed by atoms with van der Waals surface area (Å²) in [6.45, 7) is 0.810. The Labute approximate surface area is 147 Å². The molecule has 4 nitrogen and oxygen atoms in total. The van der Waals surface area contributed by atoms with E-state index in [1.807, 2.05) is 0 Å². The Balaban J connectivity index is 2.18. The molecule has 0 unspecified atom stereocenters. The molecule has 0 bridgehead atoms. The van der Waals surface area contributed by atoms with Gasteiger partial charge in [0.05, 0.1) is 15.7 Å². The Morgan fingerprint density at radius 1 is 1.12 bits per heavy atom. The number of nitrogens with zero attached hydrogens (tertiary/aromatic N) is 1. The smallest absolute Gasteiger partial charge is 0.244 e. The van der Waals surface area contributed by atoms with Crippen LogP contribution >= 0.6 is 23.2 Å². The molecular weight excluding hydrogens is 361 g/mol. The maximum atomic E-state index is 13.3.